The molecule has 1 aromatic carbocycles. The zero-order valence-corrected chi connectivity index (χ0v) is 16.7. The second kappa shape index (κ2) is 7.20. The molecule has 0 aliphatic heterocycles. The van der Waals surface area contributed by atoms with Crippen LogP contribution in [0, 0.1) is 0 Å². The highest BCUT2D eigenvalue weighted by molar-refractivity contribution is 5.64. The van der Waals surface area contributed by atoms with Crippen LogP contribution in [0.15, 0.2) is 54.7 Å². The minimum Gasteiger partial charge on any atom is -0.470 e. The molecule has 150 valence electrons. The Hall–Kier alpha value is -3.28. The zero-order chi connectivity index (χ0) is 19.9. The van der Waals surface area contributed by atoms with Crippen LogP contribution in [0.2, 0.25) is 0 Å². The Balaban J connectivity index is 1.53. The van der Waals surface area contributed by atoms with Crippen molar-refractivity contribution in [2.75, 3.05) is 0 Å². The van der Waals surface area contributed by atoms with E-state index in [1.807, 2.05) is 53.0 Å². The summed E-state index contributed by atoms with van der Waals surface area (Å²) in [4.78, 5) is 4.41. The maximum absolute atomic E-state index is 6.32. The summed E-state index contributed by atoms with van der Waals surface area (Å²) >= 11 is 0. The lowest BCUT2D eigenvalue weighted by Crippen LogP contribution is -2.17. The van der Waals surface area contributed by atoms with E-state index in [1.54, 1.807) is 6.20 Å². The van der Waals surface area contributed by atoms with E-state index in [-0.39, 0.29) is 0 Å². The topological polar surface area (TPSA) is 65.2 Å². The summed E-state index contributed by atoms with van der Waals surface area (Å²) in [6, 6.07) is 16.0. The Morgan fingerprint density at radius 1 is 0.867 bits per heavy atom. The lowest BCUT2D eigenvalue weighted by Gasteiger charge is -2.28. The Morgan fingerprint density at radius 2 is 1.67 bits per heavy atom. The molecule has 2 unspecified atom stereocenters. The molecule has 2 bridgehead atoms. The smallest absolute Gasteiger partial charge is 0.236 e. The van der Waals surface area contributed by atoms with Crippen LogP contribution in [0.3, 0.4) is 0 Å². The number of fused-ring (bicyclic) bond motifs is 4. The molecular weight excluding hydrogens is 374 g/mol. The van der Waals surface area contributed by atoms with Gasteiger partial charge in [0.15, 0.2) is 11.5 Å². The lowest BCUT2D eigenvalue weighted by atomic mass is 9.79. The van der Waals surface area contributed by atoms with E-state index in [0.717, 1.165) is 28.6 Å². The maximum atomic E-state index is 6.32. The van der Waals surface area contributed by atoms with Gasteiger partial charge in [0.25, 0.3) is 0 Å². The molecule has 1 saturated carbocycles. The van der Waals surface area contributed by atoms with Crippen LogP contribution in [-0.2, 0) is 6.61 Å². The predicted octanol–water partition coefficient (Wildman–Crippen LogP) is 4.91. The van der Waals surface area contributed by atoms with Gasteiger partial charge in [-0.05, 0) is 49.7 Å². The molecule has 1 fully saturated rings. The second-order valence-electron chi connectivity index (χ2n) is 8.27. The van der Waals surface area contributed by atoms with Crippen molar-refractivity contribution >= 4 is 5.65 Å². The molecule has 0 N–H and O–H groups in total. The molecular formula is C24H23N5O. The first-order valence-corrected chi connectivity index (χ1v) is 10.8. The van der Waals surface area contributed by atoms with E-state index in [9.17, 15) is 0 Å². The number of ether oxygens (including phenoxy) is 1. The highest BCUT2D eigenvalue weighted by Crippen LogP contribution is 2.51. The van der Waals surface area contributed by atoms with Gasteiger partial charge in [-0.1, -0.05) is 42.8 Å². The van der Waals surface area contributed by atoms with Crippen molar-refractivity contribution in [1.29, 1.82) is 0 Å². The van der Waals surface area contributed by atoms with Crippen molar-refractivity contribution < 1.29 is 4.74 Å². The fraction of sp³-hybridized carbons (Fsp3) is 0.333. The summed E-state index contributed by atoms with van der Waals surface area (Å²) in [5.41, 5.74) is 5.38. The standard InChI is InChI=1S/C24H23N5O/c1-2-7-18(8-3-1)22-26-27-23-20-16-9-6-10-17(13-12-16)21(20)24(28-29(22)23)30-15-19-11-4-5-14-25-19/h1-5,7-8,11,14,16-17H,6,9-10,12-13,15H2. The highest BCUT2D eigenvalue weighted by atomic mass is 16.5. The molecule has 7 rings (SSSR count). The largest absolute Gasteiger partial charge is 0.470 e. The third-order valence-electron chi connectivity index (χ3n) is 6.49. The third kappa shape index (κ3) is 2.86. The average Bonchev–Trinajstić information content (AvgIpc) is 2.97. The molecule has 6 nitrogen and oxygen atoms in total. The Kier molecular flexibility index (Phi) is 4.22. The normalized spacial score (nSPS) is 20.1. The molecule has 0 spiro atoms. The molecule has 0 saturated heterocycles. The average molecular weight is 397 g/mol. The van der Waals surface area contributed by atoms with E-state index in [0.29, 0.717) is 18.4 Å². The van der Waals surface area contributed by atoms with E-state index in [2.05, 4.69) is 15.2 Å². The van der Waals surface area contributed by atoms with Crippen LogP contribution in [0.1, 0.15) is 60.8 Å². The number of hydrogen-bond donors (Lipinski definition) is 0. The fourth-order valence-corrected chi connectivity index (χ4v) is 5.10. The maximum Gasteiger partial charge on any atom is 0.236 e. The molecule has 2 atom stereocenters. The Bertz CT molecular complexity index is 1180. The zero-order valence-electron chi connectivity index (χ0n) is 16.7. The molecule has 3 aromatic heterocycles. The number of benzene rings is 1. The van der Waals surface area contributed by atoms with Crippen LogP contribution in [-0.4, -0.2) is 24.8 Å². The van der Waals surface area contributed by atoms with Gasteiger partial charge < -0.3 is 4.74 Å². The van der Waals surface area contributed by atoms with E-state index < -0.39 is 0 Å². The van der Waals surface area contributed by atoms with Crippen molar-refractivity contribution in [2.45, 2.75) is 50.5 Å². The third-order valence-corrected chi connectivity index (χ3v) is 6.49. The fourth-order valence-electron chi connectivity index (χ4n) is 5.10. The summed E-state index contributed by atoms with van der Waals surface area (Å²) in [5.74, 6) is 2.48. The predicted molar refractivity (Wildman–Crippen MR) is 113 cm³/mol. The van der Waals surface area contributed by atoms with Crippen molar-refractivity contribution in [1.82, 2.24) is 24.8 Å². The van der Waals surface area contributed by atoms with Crippen molar-refractivity contribution in [3.05, 3.63) is 71.5 Å². The number of nitrogens with zero attached hydrogens (tertiary/aromatic N) is 5. The molecule has 0 amide bonds. The van der Waals surface area contributed by atoms with Crippen LogP contribution in [0.25, 0.3) is 17.0 Å². The number of rotatable bonds is 4. The van der Waals surface area contributed by atoms with Gasteiger partial charge in [0, 0.05) is 22.9 Å². The van der Waals surface area contributed by atoms with E-state index in [4.69, 9.17) is 9.84 Å². The van der Waals surface area contributed by atoms with Crippen LogP contribution in [0.5, 0.6) is 5.88 Å². The van der Waals surface area contributed by atoms with Crippen LogP contribution in [0.4, 0.5) is 0 Å². The Labute approximate surface area is 175 Å². The minimum absolute atomic E-state index is 0.409. The van der Waals surface area contributed by atoms with Crippen molar-refractivity contribution in [3.8, 4) is 17.3 Å². The molecule has 3 heterocycles. The molecule has 0 radical (unpaired) electrons. The SMILES string of the molecule is c1ccc(-c2nnc3c4c(c(OCc5ccccn5)nn23)C2CCCC4CC2)cc1. The van der Waals surface area contributed by atoms with Gasteiger partial charge in [0.1, 0.15) is 6.61 Å². The quantitative estimate of drug-likeness (QED) is 0.489. The molecule has 30 heavy (non-hydrogen) atoms. The summed E-state index contributed by atoms with van der Waals surface area (Å²) in [6.45, 7) is 0.409. The van der Waals surface area contributed by atoms with Gasteiger partial charge in [-0.15, -0.1) is 15.3 Å². The van der Waals surface area contributed by atoms with Gasteiger partial charge in [-0.3, -0.25) is 4.98 Å². The highest BCUT2D eigenvalue weighted by Gasteiger charge is 2.37. The molecule has 6 heteroatoms. The summed E-state index contributed by atoms with van der Waals surface area (Å²) in [6.07, 6.45) is 7.86. The summed E-state index contributed by atoms with van der Waals surface area (Å²) in [7, 11) is 0. The van der Waals surface area contributed by atoms with Gasteiger partial charge in [0.2, 0.25) is 5.88 Å². The number of aromatic nitrogens is 5. The first-order valence-electron chi connectivity index (χ1n) is 10.8. The van der Waals surface area contributed by atoms with Gasteiger partial charge in [-0.25, -0.2) is 0 Å². The molecule has 3 aliphatic carbocycles. The number of hydrogen-bond acceptors (Lipinski definition) is 5. The van der Waals surface area contributed by atoms with E-state index >= 15 is 0 Å². The monoisotopic (exact) mass is 397 g/mol. The summed E-state index contributed by atoms with van der Waals surface area (Å²) < 4.78 is 8.21. The lowest BCUT2D eigenvalue weighted by molar-refractivity contribution is 0.276. The minimum atomic E-state index is 0.409. The van der Waals surface area contributed by atoms with Gasteiger partial charge in [-0.2, -0.15) is 4.52 Å². The first-order chi connectivity index (χ1) is 14.9. The van der Waals surface area contributed by atoms with Gasteiger partial charge >= 0.3 is 0 Å². The first kappa shape index (κ1) is 17.6. The van der Waals surface area contributed by atoms with Crippen LogP contribution < -0.4 is 4.74 Å². The van der Waals surface area contributed by atoms with Crippen molar-refractivity contribution in [2.24, 2.45) is 0 Å². The molecule has 4 aromatic rings. The molecule has 3 aliphatic rings. The Morgan fingerprint density at radius 3 is 2.47 bits per heavy atom. The van der Waals surface area contributed by atoms with Gasteiger partial charge in [0.05, 0.1) is 5.69 Å². The van der Waals surface area contributed by atoms with Crippen molar-refractivity contribution in [3.63, 3.8) is 0 Å². The second-order valence-corrected chi connectivity index (χ2v) is 8.27. The summed E-state index contributed by atoms with van der Waals surface area (Å²) in [5, 5.41) is 14.1. The van der Waals surface area contributed by atoms with E-state index in [1.165, 1.54) is 43.2 Å². The van der Waals surface area contributed by atoms with Crippen LogP contribution >= 0.6 is 0 Å². The number of pyridine rings is 1.